The Morgan fingerprint density at radius 1 is 1.22 bits per heavy atom. The van der Waals surface area contributed by atoms with Crippen molar-refractivity contribution in [3.05, 3.63) is 33.8 Å². The lowest BCUT2D eigenvalue weighted by atomic mass is 10.1. The van der Waals surface area contributed by atoms with Crippen molar-refractivity contribution in [2.45, 2.75) is 44.7 Å². The van der Waals surface area contributed by atoms with Gasteiger partial charge in [0, 0.05) is 29.6 Å². The van der Waals surface area contributed by atoms with Crippen LogP contribution < -0.4 is 0 Å². The van der Waals surface area contributed by atoms with E-state index in [-0.39, 0.29) is 6.04 Å². The maximum absolute atomic E-state index is 14.1. The first-order chi connectivity index (χ1) is 11.0. The highest BCUT2D eigenvalue weighted by atomic mass is 79.9. The molecule has 1 aromatic rings. The monoisotopic (exact) mass is 386 g/mol. The molecule has 2 aliphatic rings. The van der Waals surface area contributed by atoms with Crippen LogP contribution >= 0.6 is 15.9 Å². The predicted molar refractivity (Wildman–Crippen MR) is 88.4 cm³/mol. The Morgan fingerprint density at radius 2 is 1.87 bits per heavy atom. The summed E-state index contributed by atoms with van der Waals surface area (Å²) in [7, 11) is 0. The predicted octanol–water partition coefficient (Wildman–Crippen LogP) is 3.82. The zero-order valence-electron chi connectivity index (χ0n) is 13.2. The van der Waals surface area contributed by atoms with Gasteiger partial charge in [-0.25, -0.2) is 8.78 Å². The van der Waals surface area contributed by atoms with Crippen LogP contribution in [0.3, 0.4) is 0 Å². The molecule has 1 aromatic carbocycles. The van der Waals surface area contributed by atoms with Crippen LogP contribution in [0.1, 0.15) is 43.0 Å². The molecule has 0 bridgehead atoms. The van der Waals surface area contributed by atoms with E-state index in [9.17, 15) is 13.6 Å². The Hall–Kier alpha value is -1.01. The van der Waals surface area contributed by atoms with Crippen molar-refractivity contribution in [1.29, 1.82) is 0 Å². The lowest BCUT2D eigenvalue weighted by Gasteiger charge is -2.31. The van der Waals surface area contributed by atoms with Gasteiger partial charge in [0.1, 0.15) is 17.2 Å². The van der Waals surface area contributed by atoms with Crippen LogP contribution in [-0.4, -0.2) is 47.4 Å². The minimum atomic E-state index is -0.804. The fourth-order valence-corrected chi connectivity index (χ4v) is 4.12. The first kappa shape index (κ1) is 16.8. The number of hydrogen-bond donors (Lipinski definition) is 0. The van der Waals surface area contributed by atoms with E-state index in [0.717, 1.165) is 38.1 Å². The van der Waals surface area contributed by atoms with Crippen molar-refractivity contribution in [3.63, 3.8) is 0 Å². The van der Waals surface area contributed by atoms with Gasteiger partial charge < -0.3 is 4.90 Å². The average molecular weight is 387 g/mol. The molecular weight excluding hydrogens is 366 g/mol. The molecule has 0 radical (unpaired) electrons. The van der Waals surface area contributed by atoms with Crippen molar-refractivity contribution in [2.75, 3.05) is 19.6 Å². The van der Waals surface area contributed by atoms with Gasteiger partial charge >= 0.3 is 0 Å². The number of likely N-dealkylation sites (tertiary alicyclic amines) is 2. The molecule has 0 spiro atoms. The van der Waals surface area contributed by atoms with E-state index < -0.39 is 23.1 Å². The van der Waals surface area contributed by atoms with E-state index in [0.29, 0.717) is 17.1 Å². The number of carbonyl (C=O) groups excluding carboxylic acids is 1. The number of benzene rings is 1. The smallest absolute Gasteiger partial charge is 0.260 e. The molecule has 126 valence electrons. The molecule has 2 fully saturated rings. The van der Waals surface area contributed by atoms with Crippen molar-refractivity contribution in [2.24, 2.45) is 0 Å². The molecule has 3 nitrogen and oxygen atoms in total. The highest BCUT2D eigenvalue weighted by molar-refractivity contribution is 9.10. The summed E-state index contributed by atoms with van der Waals surface area (Å²) in [6, 6.07) is 2.85. The minimum Gasteiger partial charge on any atom is -0.334 e. The van der Waals surface area contributed by atoms with Gasteiger partial charge in [-0.05, 0) is 51.3 Å². The molecule has 0 aromatic heterocycles. The summed E-state index contributed by atoms with van der Waals surface area (Å²) in [6.45, 7) is 4.61. The highest BCUT2D eigenvalue weighted by Crippen LogP contribution is 2.27. The fraction of sp³-hybridized carbons (Fsp3) is 0.588. The van der Waals surface area contributed by atoms with Gasteiger partial charge in [-0.2, -0.15) is 0 Å². The first-order valence-electron chi connectivity index (χ1n) is 8.17. The number of nitrogens with zero attached hydrogens (tertiary/aromatic N) is 2. The van der Waals surface area contributed by atoms with Crippen molar-refractivity contribution in [3.8, 4) is 0 Å². The van der Waals surface area contributed by atoms with Crippen LogP contribution in [-0.2, 0) is 0 Å². The summed E-state index contributed by atoms with van der Waals surface area (Å²) in [6.07, 6.45) is 4.14. The van der Waals surface area contributed by atoms with Gasteiger partial charge in [-0.1, -0.05) is 15.9 Å². The zero-order chi connectivity index (χ0) is 16.6. The molecule has 3 rings (SSSR count). The maximum Gasteiger partial charge on any atom is 0.260 e. The minimum absolute atomic E-state index is 0.0468. The highest BCUT2D eigenvalue weighted by Gasteiger charge is 2.35. The number of carbonyl (C=O) groups is 1. The van der Waals surface area contributed by atoms with Crippen LogP contribution in [0.15, 0.2) is 16.6 Å². The molecule has 2 heterocycles. The summed E-state index contributed by atoms with van der Waals surface area (Å²) >= 11 is 3.04. The number of hydrogen-bond acceptors (Lipinski definition) is 2. The Balaban J connectivity index is 1.78. The Kier molecular flexibility index (Phi) is 5.01. The van der Waals surface area contributed by atoms with E-state index in [4.69, 9.17) is 0 Å². The number of rotatable bonds is 3. The molecule has 2 atom stereocenters. The van der Waals surface area contributed by atoms with Crippen molar-refractivity contribution in [1.82, 2.24) is 9.80 Å². The summed E-state index contributed by atoms with van der Waals surface area (Å²) < 4.78 is 28.5. The zero-order valence-corrected chi connectivity index (χ0v) is 14.8. The quantitative estimate of drug-likeness (QED) is 0.788. The number of halogens is 3. The summed E-state index contributed by atoms with van der Waals surface area (Å²) in [4.78, 5) is 16.7. The molecule has 2 saturated heterocycles. The summed E-state index contributed by atoms with van der Waals surface area (Å²) in [5.41, 5.74) is -0.436. The number of amides is 1. The largest absolute Gasteiger partial charge is 0.334 e. The third-order valence-corrected chi connectivity index (χ3v) is 5.45. The summed E-state index contributed by atoms with van der Waals surface area (Å²) in [5.74, 6) is -2.13. The second-order valence-corrected chi connectivity index (χ2v) is 7.44. The van der Waals surface area contributed by atoms with Crippen LogP contribution in [0, 0.1) is 11.6 Å². The van der Waals surface area contributed by atoms with Gasteiger partial charge in [0.05, 0.1) is 0 Å². The molecule has 23 heavy (non-hydrogen) atoms. The molecule has 2 unspecified atom stereocenters. The van der Waals surface area contributed by atoms with Gasteiger partial charge in [0.25, 0.3) is 5.91 Å². The fourth-order valence-electron chi connectivity index (χ4n) is 3.72. The Labute approximate surface area is 143 Å². The van der Waals surface area contributed by atoms with Gasteiger partial charge in [-0.3, -0.25) is 9.69 Å². The SMILES string of the molecule is CC1CCCN1CC1CCCN1C(=O)c1c(F)cc(Br)cc1F. The molecule has 2 aliphatic heterocycles. The van der Waals surface area contributed by atoms with Gasteiger partial charge in [-0.15, -0.1) is 0 Å². The molecule has 6 heteroatoms. The molecule has 1 amide bonds. The Bertz CT molecular complexity index is 587. The standard InChI is InChI=1S/C17H21BrF2N2O/c1-11-4-2-6-21(11)10-13-5-3-7-22(13)17(23)16-14(19)8-12(18)9-15(16)20/h8-9,11,13H,2-7,10H2,1H3. The maximum atomic E-state index is 14.1. The van der Waals surface area contributed by atoms with Crippen LogP contribution in [0.4, 0.5) is 8.78 Å². The van der Waals surface area contributed by atoms with Gasteiger partial charge in [0.2, 0.25) is 0 Å². The molecular formula is C17H21BrF2N2O. The van der Waals surface area contributed by atoms with E-state index in [1.807, 2.05) is 0 Å². The topological polar surface area (TPSA) is 23.6 Å². The lowest BCUT2D eigenvalue weighted by molar-refractivity contribution is 0.0687. The van der Waals surface area contributed by atoms with E-state index in [1.54, 1.807) is 4.90 Å². The van der Waals surface area contributed by atoms with E-state index in [2.05, 4.69) is 27.8 Å². The molecule has 0 N–H and O–H groups in total. The third kappa shape index (κ3) is 3.43. The average Bonchev–Trinajstić information content (AvgIpc) is 3.08. The Morgan fingerprint density at radius 3 is 2.48 bits per heavy atom. The molecule has 0 aliphatic carbocycles. The van der Waals surface area contributed by atoms with Crippen LogP contribution in [0.2, 0.25) is 0 Å². The van der Waals surface area contributed by atoms with Gasteiger partial charge in [0.15, 0.2) is 0 Å². The van der Waals surface area contributed by atoms with E-state index in [1.165, 1.54) is 12.8 Å². The summed E-state index contributed by atoms with van der Waals surface area (Å²) in [5, 5.41) is 0. The second kappa shape index (κ2) is 6.85. The van der Waals surface area contributed by atoms with E-state index >= 15 is 0 Å². The molecule has 0 saturated carbocycles. The van der Waals surface area contributed by atoms with Crippen LogP contribution in [0.25, 0.3) is 0 Å². The lowest BCUT2D eigenvalue weighted by Crippen LogP contribution is -2.44. The van der Waals surface area contributed by atoms with Crippen molar-refractivity contribution >= 4 is 21.8 Å². The van der Waals surface area contributed by atoms with Crippen molar-refractivity contribution < 1.29 is 13.6 Å². The third-order valence-electron chi connectivity index (χ3n) is 4.99. The first-order valence-corrected chi connectivity index (χ1v) is 8.96. The normalized spacial score (nSPS) is 25.3. The second-order valence-electron chi connectivity index (χ2n) is 6.53. The van der Waals surface area contributed by atoms with Crippen LogP contribution in [0.5, 0.6) is 0 Å².